The minimum absolute atomic E-state index is 0.379. The molecule has 2 rings (SSSR count). The van der Waals surface area contributed by atoms with Crippen LogP contribution in [0.5, 0.6) is 0 Å². The van der Waals surface area contributed by atoms with Crippen LogP contribution in [0.4, 0.5) is 0 Å². The molecular weight excluding hydrogens is 196 g/mol. The molecule has 2 aromatic heterocycles. The lowest BCUT2D eigenvalue weighted by Gasteiger charge is -1.91. The molecule has 15 heavy (non-hydrogen) atoms. The van der Waals surface area contributed by atoms with Crippen LogP contribution in [0.15, 0.2) is 10.7 Å². The third-order valence-electron chi connectivity index (χ3n) is 1.92. The summed E-state index contributed by atoms with van der Waals surface area (Å²) in [7, 11) is 0. The lowest BCUT2D eigenvalue weighted by Crippen LogP contribution is -2.01. The van der Waals surface area contributed by atoms with E-state index in [4.69, 9.17) is 10.3 Å². The normalized spacial score (nSPS) is 10.8. The molecule has 0 aliphatic rings. The maximum Gasteiger partial charge on any atom is 0.248 e. The quantitative estimate of drug-likeness (QED) is 0.743. The Bertz CT molecular complexity index is 394. The highest BCUT2D eigenvalue weighted by Crippen LogP contribution is 2.01. The Morgan fingerprint density at radius 3 is 3.00 bits per heavy atom. The largest absolute Gasteiger partial charge is 0.337 e. The second-order valence-corrected chi connectivity index (χ2v) is 3.07. The van der Waals surface area contributed by atoms with E-state index >= 15 is 0 Å². The maximum atomic E-state index is 5.41. The summed E-state index contributed by atoms with van der Waals surface area (Å²) in [6.07, 6.45) is 2.52. The van der Waals surface area contributed by atoms with Gasteiger partial charge in [0.15, 0.2) is 5.82 Å². The molecule has 80 valence electrons. The Balaban J connectivity index is 2.07. The third kappa shape index (κ3) is 2.18. The van der Waals surface area contributed by atoms with E-state index in [1.807, 2.05) is 6.92 Å². The summed E-state index contributed by atoms with van der Waals surface area (Å²) in [6, 6.07) is 0. The Kier molecular flexibility index (Phi) is 2.72. The van der Waals surface area contributed by atoms with Crippen molar-refractivity contribution in [3.05, 3.63) is 23.6 Å². The van der Waals surface area contributed by atoms with Gasteiger partial charge in [-0.2, -0.15) is 4.98 Å². The zero-order valence-corrected chi connectivity index (χ0v) is 8.42. The average molecular weight is 208 g/mol. The van der Waals surface area contributed by atoms with Crippen LogP contribution in [0, 0.1) is 0 Å². The molecule has 0 bridgehead atoms. The van der Waals surface area contributed by atoms with Crippen LogP contribution >= 0.6 is 0 Å². The molecule has 0 saturated carbocycles. The van der Waals surface area contributed by atoms with Gasteiger partial charge < -0.3 is 10.3 Å². The van der Waals surface area contributed by atoms with Crippen molar-refractivity contribution in [2.24, 2.45) is 5.73 Å². The second kappa shape index (κ2) is 4.18. The number of rotatable bonds is 4. The summed E-state index contributed by atoms with van der Waals surface area (Å²) in [5.41, 5.74) is 6.16. The summed E-state index contributed by atoms with van der Waals surface area (Å²) >= 11 is 0. The summed E-state index contributed by atoms with van der Waals surface area (Å²) in [5, 5.41) is 11.5. The average Bonchev–Trinajstić information content (AvgIpc) is 2.87. The van der Waals surface area contributed by atoms with Crippen LogP contribution in [0.2, 0.25) is 0 Å². The fourth-order valence-corrected chi connectivity index (χ4v) is 1.15. The van der Waals surface area contributed by atoms with Gasteiger partial charge >= 0.3 is 0 Å². The Morgan fingerprint density at radius 1 is 1.53 bits per heavy atom. The smallest absolute Gasteiger partial charge is 0.248 e. The van der Waals surface area contributed by atoms with Gasteiger partial charge in [0.25, 0.3) is 0 Å². The van der Waals surface area contributed by atoms with Gasteiger partial charge in [-0.1, -0.05) is 17.3 Å². The molecular formula is C8H12N6O. The second-order valence-electron chi connectivity index (χ2n) is 3.07. The third-order valence-corrected chi connectivity index (χ3v) is 1.92. The van der Waals surface area contributed by atoms with E-state index in [9.17, 15) is 0 Å². The van der Waals surface area contributed by atoms with Gasteiger partial charge in [0.2, 0.25) is 5.89 Å². The standard InChI is InChI=1S/C8H12N6O/c1-2-7-10-8(15-12-7)5-14-4-6(3-9)11-13-14/h4H,2-3,5,9H2,1H3. The monoisotopic (exact) mass is 208 g/mol. The Labute approximate surface area is 86.3 Å². The van der Waals surface area contributed by atoms with E-state index in [-0.39, 0.29) is 0 Å². The van der Waals surface area contributed by atoms with Crippen molar-refractivity contribution in [3.8, 4) is 0 Å². The first kappa shape index (κ1) is 9.78. The molecule has 0 unspecified atom stereocenters. The SMILES string of the molecule is CCc1noc(Cn2cc(CN)nn2)n1. The molecule has 2 heterocycles. The van der Waals surface area contributed by atoms with Crippen molar-refractivity contribution in [3.63, 3.8) is 0 Å². The number of aromatic nitrogens is 5. The highest BCUT2D eigenvalue weighted by Gasteiger charge is 2.06. The van der Waals surface area contributed by atoms with Gasteiger partial charge in [-0.25, -0.2) is 4.68 Å². The summed E-state index contributed by atoms with van der Waals surface area (Å²) in [4.78, 5) is 4.16. The van der Waals surface area contributed by atoms with E-state index < -0.39 is 0 Å². The molecule has 2 aromatic rings. The molecule has 0 aliphatic carbocycles. The molecule has 0 atom stereocenters. The zero-order chi connectivity index (χ0) is 10.7. The predicted molar refractivity (Wildman–Crippen MR) is 50.7 cm³/mol. The molecule has 0 aromatic carbocycles. The molecule has 0 spiro atoms. The highest BCUT2D eigenvalue weighted by atomic mass is 16.5. The predicted octanol–water partition coefficient (Wildman–Crippen LogP) is -0.270. The fourth-order valence-electron chi connectivity index (χ4n) is 1.15. The number of nitrogens with zero attached hydrogens (tertiary/aromatic N) is 5. The molecule has 0 fully saturated rings. The van der Waals surface area contributed by atoms with Crippen LogP contribution in [-0.2, 0) is 19.5 Å². The Morgan fingerprint density at radius 2 is 2.40 bits per heavy atom. The lowest BCUT2D eigenvalue weighted by molar-refractivity contribution is 0.360. The van der Waals surface area contributed by atoms with Gasteiger partial charge in [0.05, 0.1) is 11.9 Å². The molecule has 0 saturated heterocycles. The fraction of sp³-hybridized carbons (Fsp3) is 0.500. The van der Waals surface area contributed by atoms with Crippen LogP contribution in [0.3, 0.4) is 0 Å². The van der Waals surface area contributed by atoms with Crippen molar-refractivity contribution in [1.29, 1.82) is 0 Å². The highest BCUT2D eigenvalue weighted by molar-refractivity contribution is 4.93. The van der Waals surface area contributed by atoms with Gasteiger partial charge in [0, 0.05) is 13.0 Å². The van der Waals surface area contributed by atoms with Crippen molar-refractivity contribution < 1.29 is 4.52 Å². The first-order chi connectivity index (χ1) is 7.31. The van der Waals surface area contributed by atoms with Crippen molar-refractivity contribution in [2.75, 3.05) is 0 Å². The summed E-state index contributed by atoms with van der Waals surface area (Å²) in [6.45, 7) is 2.78. The van der Waals surface area contributed by atoms with Crippen LogP contribution in [0.1, 0.15) is 24.3 Å². The first-order valence-electron chi connectivity index (χ1n) is 4.72. The van der Waals surface area contributed by atoms with Crippen molar-refractivity contribution >= 4 is 0 Å². The van der Waals surface area contributed by atoms with Crippen molar-refractivity contribution in [2.45, 2.75) is 26.4 Å². The van der Waals surface area contributed by atoms with Gasteiger partial charge in [-0.05, 0) is 0 Å². The van der Waals surface area contributed by atoms with E-state index in [2.05, 4.69) is 20.5 Å². The minimum Gasteiger partial charge on any atom is -0.337 e. The number of nitrogens with two attached hydrogens (primary N) is 1. The Hall–Kier alpha value is -1.76. The number of aryl methyl sites for hydroxylation is 1. The molecule has 0 radical (unpaired) electrons. The first-order valence-corrected chi connectivity index (χ1v) is 4.72. The zero-order valence-electron chi connectivity index (χ0n) is 8.42. The van der Waals surface area contributed by atoms with E-state index in [0.717, 1.165) is 12.1 Å². The van der Waals surface area contributed by atoms with Gasteiger partial charge in [0.1, 0.15) is 6.54 Å². The van der Waals surface area contributed by atoms with Gasteiger partial charge in [-0.15, -0.1) is 5.10 Å². The molecule has 0 amide bonds. The number of hydrogen-bond donors (Lipinski definition) is 1. The van der Waals surface area contributed by atoms with E-state index in [0.29, 0.717) is 24.8 Å². The maximum absolute atomic E-state index is 5.41. The molecule has 7 nitrogen and oxygen atoms in total. The summed E-state index contributed by atoms with van der Waals surface area (Å²) < 4.78 is 6.64. The topological polar surface area (TPSA) is 95.7 Å². The minimum atomic E-state index is 0.379. The van der Waals surface area contributed by atoms with E-state index in [1.165, 1.54) is 0 Å². The lowest BCUT2D eigenvalue weighted by atomic mass is 10.5. The molecule has 2 N–H and O–H groups in total. The van der Waals surface area contributed by atoms with E-state index in [1.54, 1.807) is 10.9 Å². The van der Waals surface area contributed by atoms with Crippen LogP contribution in [-0.4, -0.2) is 25.1 Å². The molecule has 7 heteroatoms. The van der Waals surface area contributed by atoms with Crippen LogP contribution < -0.4 is 5.73 Å². The van der Waals surface area contributed by atoms with Gasteiger partial charge in [-0.3, -0.25) is 0 Å². The van der Waals surface area contributed by atoms with Crippen LogP contribution in [0.25, 0.3) is 0 Å². The molecule has 0 aliphatic heterocycles. The number of hydrogen-bond acceptors (Lipinski definition) is 6. The van der Waals surface area contributed by atoms with Crippen molar-refractivity contribution in [1.82, 2.24) is 25.1 Å². The summed E-state index contributed by atoms with van der Waals surface area (Å²) in [5.74, 6) is 1.23.